The molecular weight excluding hydrogens is 304 g/mol. The molecule has 3 rings (SSSR count). The van der Waals surface area contributed by atoms with Crippen molar-refractivity contribution < 1.29 is 4.79 Å². The SMILES string of the molecule is CCc1nc(C)cc(NC[C@@H]2CC(=O)N(C)[C@H]2c2nccn2C)n1. The summed E-state index contributed by atoms with van der Waals surface area (Å²) >= 11 is 0. The Labute approximate surface area is 142 Å². The predicted molar refractivity (Wildman–Crippen MR) is 91.5 cm³/mol. The van der Waals surface area contributed by atoms with Crippen molar-refractivity contribution in [2.75, 3.05) is 18.9 Å². The zero-order valence-electron chi connectivity index (χ0n) is 14.7. The van der Waals surface area contributed by atoms with E-state index in [1.807, 2.05) is 44.8 Å². The fourth-order valence-corrected chi connectivity index (χ4v) is 3.30. The first-order valence-electron chi connectivity index (χ1n) is 8.31. The number of nitrogens with one attached hydrogen (secondary N) is 1. The van der Waals surface area contributed by atoms with E-state index >= 15 is 0 Å². The van der Waals surface area contributed by atoms with Gasteiger partial charge < -0.3 is 14.8 Å². The van der Waals surface area contributed by atoms with Gasteiger partial charge in [0, 0.05) is 63.6 Å². The molecule has 2 aromatic rings. The van der Waals surface area contributed by atoms with Crippen LogP contribution in [-0.2, 0) is 18.3 Å². The van der Waals surface area contributed by atoms with Crippen LogP contribution in [0.3, 0.4) is 0 Å². The van der Waals surface area contributed by atoms with E-state index in [1.54, 1.807) is 11.1 Å². The summed E-state index contributed by atoms with van der Waals surface area (Å²) in [5, 5.41) is 3.39. The monoisotopic (exact) mass is 328 g/mol. The van der Waals surface area contributed by atoms with Gasteiger partial charge in [0.2, 0.25) is 5.91 Å². The molecule has 1 fully saturated rings. The third-order valence-corrected chi connectivity index (χ3v) is 4.58. The molecule has 24 heavy (non-hydrogen) atoms. The number of rotatable bonds is 5. The number of amides is 1. The van der Waals surface area contributed by atoms with Crippen molar-refractivity contribution >= 4 is 11.7 Å². The van der Waals surface area contributed by atoms with Crippen LogP contribution in [-0.4, -0.2) is 43.9 Å². The molecule has 1 aliphatic rings. The molecule has 128 valence electrons. The first-order chi connectivity index (χ1) is 11.5. The number of likely N-dealkylation sites (tertiary alicyclic amines) is 1. The smallest absolute Gasteiger partial charge is 0.223 e. The van der Waals surface area contributed by atoms with Crippen LogP contribution >= 0.6 is 0 Å². The Kier molecular flexibility index (Phi) is 4.51. The summed E-state index contributed by atoms with van der Waals surface area (Å²) in [6.45, 7) is 4.68. The van der Waals surface area contributed by atoms with Crippen LogP contribution in [0, 0.1) is 12.8 Å². The average Bonchev–Trinajstić information content (AvgIpc) is 3.08. The van der Waals surface area contributed by atoms with Crippen LogP contribution in [0.25, 0.3) is 0 Å². The van der Waals surface area contributed by atoms with Gasteiger partial charge in [0.1, 0.15) is 17.5 Å². The van der Waals surface area contributed by atoms with Crippen molar-refractivity contribution in [3.63, 3.8) is 0 Å². The maximum absolute atomic E-state index is 12.2. The molecule has 1 N–H and O–H groups in total. The zero-order chi connectivity index (χ0) is 17.3. The fraction of sp³-hybridized carbons (Fsp3) is 0.529. The largest absolute Gasteiger partial charge is 0.370 e. The van der Waals surface area contributed by atoms with Crippen molar-refractivity contribution in [1.82, 2.24) is 24.4 Å². The van der Waals surface area contributed by atoms with Crippen molar-refractivity contribution in [2.45, 2.75) is 32.7 Å². The molecule has 3 heterocycles. The van der Waals surface area contributed by atoms with E-state index in [4.69, 9.17) is 0 Å². The Morgan fingerprint density at radius 1 is 1.33 bits per heavy atom. The van der Waals surface area contributed by atoms with Crippen LogP contribution in [0.1, 0.15) is 36.7 Å². The highest BCUT2D eigenvalue weighted by Crippen LogP contribution is 2.36. The normalized spacial score (nSPS) is 20.7. The Hall–Kier alpha value is -2.44. The second-order valence-electron chi connectivity index (χ2n) is 6.36. The van der Waals surface area contributed by atoms with Crippen LogP contribution in [0.2, 0.25) is 0 Å². The van der Waals surface area contributed by atoms with Gasteiger partial charge in [0.25, 0.3) is 0 Å². The number of imidazole rings is 1. The van der Waals surface area contributed by atoms with Crippen molar-refractivity contribution in [3.05, 3.63) is 35.8 Å². The molecule has 7 heteroatoms. The fourth-order valence-electron chi connectivity index (χ4n) is 3.30. The number of aryl methyl sites for hydroxylation is 3. The molecule has 0 spiro atoms. The van der Waals surface area contributed by atoms with Gasteiger partial charge in [-0.2, -0.15) is 0 Å². The van der Waals surface area contributed by atoms with Gasteiger partial charge in [-0.15, -0.1) is 0 Å². The van der Waals surface area contributed by atoms with Gasteiger partial charge in [-0.3, -0.25) is 4.79 Å². The maximum atomic E-state index is 12.2. The first-order valence-corrected chi connectivity index (χ1v) is 8.31. The van der Waals surface area contributed by atoms with Crippen LogP contribution in [0.5, 0.6) is 0 Å². The van der Waals surface area contributed by atoms with Gasteiger partial charge in [-0.25, -0.2) is 15.0 Å². The summed E-state index contributed by atoms with van der Waals surface area (Å²) < 4.78 is 1.98. The second kappa shape index (κ2) is 6.59. The van der Waals surface area contributed by atoms with Crippen LogP contribution < -0.4 is 5.32 Å². The van der Waals surface area contributed by atoms with E-state index in [1.165, 1.54) is 0 Å². The Balaban J connectivity index is 1.77. The molecule has 1 aliphatic heterocycles. The molecule has 0 unspecified atom stereocenters. The number of hydrogen-bond donors (Lipinski definition) is 1. The lowest BCUT2D eigenvalue weighted by atomic mass is 9.99. The molecule has 1 amide bonds. The summed E-state index contributed by atoms with van der Waals surface area (Å²) in [5.74, 6) is 2.88. The van der Waals surface area contributed by atoms with Crippen LogP contribution in [0.4, 0.5) is 5.82 Å². The van der Waals surface area contributed by atoms with Gasteiger partial charge in [0.15, 0.2) is 0 Å². The Morgan fingerprint density at radius 3 is 2.79 bits per heavy atom. The topological polar surface area (TPSA) is 75.9 Å². The van der Waals surface area contributed by atoms with Crippen molar-refractivity contribution in [1.29, 1.82) is 0 Å². The summed E-state index contributed by atoms with van der Waals surface area (Å²) in [5.41, 5.74) is 0.949. The lowest BCUT2D eigenvalue weighted by Gasteiger charge is -2.25. The van der Waals surface area contributed by atoms with Crippen molar-refractivity contribution in [3.8, 4) is 0 Å². The maximum Gasteiger partial charge on any atom is 0.223 e. The second-order valence-corrected chi connectivity index (χ2v) is 6.36. The molecule has 2 atom stereocenters. The highest BCUT2D eigenvalue weighted by Gasteiger charge is 2.40. The number of hydrogen-bond acceptors (Lipinski definition) is 5. The number of carbonyl (C=O) groups excluding carboxylic acids is 1. The Morgan fingerprint density at radius 2 is 2.12 bits per heavy atom. The Bertz CT molecular complexity index is 740. The van der Waals surface area contributed by atoms with Gasteiger partial charge in [-0.05, 0) is 6.92 Å². The molecule has 0 radical (unpaired) electrons. The number of carbonyl (C=O) groups is 1. The number of nitrogens with zero attached hydrogens (tertiary/aromatic N) is 5. The van der Waals surface area contributed by atoms with Gasteiger partial charge in [0.05, 0.1) is 6.04 Å². The number of aromatic nitrogens is 4. The van der Waals surface area contributed by atoms with Crippen molar-refractivity contribution in [2.24, 2.45) is 13.0 Å². The lowest BCUT2D eigenvalue weighted by molar-refractivity contribution is -0.127. The third-order valence-electron chi connectivity index (χ3n) is 4.58. The quantitative estimate of drug-likeness (QED) is 0.904. The van der Waals surface area contributed by atoms with E-state index < -0.39 is 0 Å². The molecule has 0 aromatic carbocycles. The number of anilines is 1. The first kappa shape index (κ1) is 16.4. The molecule has 1 saturated heterocycles. The zero-order valence-corrected chi connectivity index (χ0v) is 14.7. The third kappa shape index (κ3) is 3.11. The predicted octanol–water partition coefficient (Wildman–Crippen LogP) is 1.71. The standard InChI is InChI=1S/C17H24N6O/c1-5-13-20-11(2)8-14(21-13)19-10-12-9-15(24)23(4)16(12)17-18-6-7-22(17)3/h6-8,12,16H,5,9-10H2,1-4H3,(H,19,20,21)/t12-,16+/m0/s1. The van der Waals surface area contributed by atoms with Crippen LogP contribution in [0.15, 0.2) is 18.5 Å². The van der Waals surface area contributed by atoms with E-state index in [0.29, 0.717) is 13.0 Å². The highest BCUT2D eigenvalue weighted by molar-refractivity contribution is 5.79. The summed E-state index contributed by atoms with van der Waals surface area (Å²) in [4.78, 5) is 27.4. The highest BCUT2D eigenvalue weighted by atomic mass is 16.2. The molecule has 0 saturated carbocycles. The van der Waals surface area contributed by atoms with E-state index in [0.717, 1.165) is 29.6 Å². The minimum absolute atomic E-state index is 0.0152. The minimum atomic E-state index is -0.0152. The molecule has 0 aliphatic carbocycles. The summed E-state index contributed by atoms with van der Waals surface area (Å²) in [6.07, 6.45) is 5.01. The minimum Gasteiger partial charge on any atom is -0.370 e. The van der Waals surface area contributed by atoms with E-state index in [-0.39, 0.29) is 17.9 Å². The van der Waals surface area contributed by atoms with Gasteiger partial charge >= 0.3 is 0 Å². The molecule has 2 aromatic heterocycles. The lowest BCUT2D eigenvalue weighted by Crippen LogP contribution is -2.29. The molecule has 0 bridgehead atoms. The van der Waals surface area contributed by atoms with E-state index in [2.05, 4.69) is 20.3 Å². The van der Waals surface area contributed by atoms with Gasteiger partial charge in [-0.1, -0.05) is 6.92 Å². The molecular formula is C17H24N6O. The van der Waals surface area contributed by atoms with E-state index in [9.17, 15) is 4.79 Å². The summed E-state index contributed by atoms with van der Waals surface area (Å²) in [6, 6.07) is 1.92. The summed E-state index contributed by atoms with van der Waals surface area (Å²) in [7, 11) is 3.82. The average molecular weight is 328 g/mol. The molecule has 7 nitrogen and oxygen atoms in total.